The van der Waals surface area contributed by atoms with Crippen molar-refractivity contribution in [2.24, 2.45) is 0 Å². The summed E-state index contributed by atoms with van der Waals surface area (Å²) in [5.41, 5.74) is 2.37. The molecular weight excluding hydrogens is 362 g/mol. The van der Waals surface area contributed by atoms with E-state index in [1.54, 1.807) is 18.5 Å². The third-order valence-corrected chi connectivity index (χ3v) is 4.51. The first-order valence-electron chi connectivity index (χ1n) is 8.54. The first-order chi connectivity index (χ1) is 13.2. The second kappa shape index (κ2) is 7.60. The molecule has 0 aliphatic carbocycles. The average Bonchev–Trinajstić information content (AvgIpc) is 3.16. The molecular formula is C21H16ClN3O2. The molecule has 0 fully saturated rings. The van der Waals surface area contributed by atoms with Gasteiger partial charge in [0.25, 0.3) is 0 Å². The molecule has 0 aliphatic rings. The number of nitrogens with zero attached hydrogens (tertiary/aromatic N) is 2. The number of oxazole rings is 1. The molecule has 0 unspecified atom stereocenters. The van der Waals surface area contributed by atoms with Crippen LogP contribution in [0, 0.1) is 0 Å². The van der Waals surface area contributed by atoms with Crippen molar-refractivity contribution in [1.82, 2.24) is 9.97 Å². The summed E-state index contributed by atoms with van der Waals surface area (Å²) in [5, 5.41) is 4.44. The highest BCUT2D eigenvalue weighted by atomic mass is 35.5. The summed E-state index contributed by atoms with van der Waals surface area (Å²) in [5.74, 6) is 0.986. The Morgan fingerprint density at radius 3 is 2.81 bits per heavy atom. The minimum Gasteiger partial charge on any atom is -0.441 e. The number of anilines is 1. The third-order valence-electron chi connectivity index (χ3n) is 4.18. The van der Waals surface area contributed by atoms with Gasteiger partial charge < -0.3 is 9.73 Å². The monoisotopic (exact) mass is 377 g/mol. The van der Waals surface area contributed by atoms with E-state index in [2.05, 4.69) is 15.3 Å². The van der Waals surface area contributed by atoms with E-state index in [0.29, 0.717) is 23.1 Å². The lowest BCUT2D eigenvalue weighted by atomic mass is 10.1. The number of aryl methyl sites for hydroxylation is 1. The summed E-state index contributed by atoms with van der Waals surface area (Å²) < 4.78 is 5.74. The Balaban J connectivity index is 1.42. The zero-order valence-electron chi connectivity index (χ0n) is 14.4. The molecule has 0 atom stereocenters. The molecule has 27 heavy (non-hydrogen) atoms. The zero-order valence-corrected chi connectivity index (χ0v) is 15.1. The standard InChI is InChI=1S/C21H16ClN3O2/c22-16-7-2-1-5-14(16)19-13-24-21(27-19)11-10-20(26)25-18-9-3-8-17-15(18)6-4-12-23-17/h1-9,12-13H,10-11H2,(H,25,26). The van der Waals surface area contributed by atoms with Crippen LogP contribution in [0.4, 0.5) is 5.69 Å². The average molecular weight is 378 g/mol. The number of carbonyl (C=O) groups excluding carboxylic acids is 1. The minimum atomic E-state index is -0.108. The van der Waals surface area contributed by atoms with E-state index in [9.17, 15) is 4.79 Å². The van der Waals surface area contributed by atoms with Gasteiger partial charge in [0.1, 0.15) is 0 Å². The summed E-state index contributed by atoms with van der Waals surface area (Å²) in [6, 6.07) is 16.8. The molecule has 0 saturated carbocycles. The third kappa shape index (κ3) is 3.83. The summed E-state index contributed by atoms with van der Waals surface area (Å²) in [6.07, 6.45) is 4.02. The van der Waals surface area contributed by atoms with E-state index >= 15 is 0 Å². The van der Waals surface area contributed by atoms with E-state index in [4.69, 9.17) is 16.0 Å². The normalized spacial score (nSPS) is 10.9. The Kier molecular flexibility index (Phi) is 4.85. The van der Waals surface area contributed by atoms with Gasteiger partial charge in [-0.05, 0) is 36.4 Å². The molecule has 2 heterocycles. The fourth-order valence-electron chi connectivity index (χ4n) is 2.86. The van der Waals surface area contributed by atoms with Crippen LogP contribution in [0.5, 0.6) is 0 Å². The predicted octanol–water partition coefficient (Wildman–Crippen LogP) is 5.11. The van der Waals surface area contributed by atoms with Crippen LogP contribution in [0.3, 0.4) is 0 Å². The van der Waals surface area contributed by atoms with Crippen molar-refractivity contribution < 1.29 is 9.21 Å². The minimum absolute atomic E-state index is 0.108. The molecule has 0 radical (unpaired) electrons. The molecule has 6 heteroatoms. The fourth-order valence-corrected chi connectivity index (χ4v) is 3.09. The van der Waals surface area contributed by atoms with Crippen molar-refractivity contribution in [1.29, 1.82) is 0 Å². The van der Waals surface area contributed by atoms with Crippen LogP contribution in [-0.4, -0.2) is 15.9 Å². The van der Waals surface area contributed by atoms with Crippen molar-refractivity contribution >= 4 is 34.1 Å². The van der Waals surface area contributed by atoms with Gasteiger partial charge in [0, 0.05) is 30.0 Å². The summed E-state index contributed by atoms with van der Waals surface area (Å²) in [6.45, 7) is 0. The van der Waals surface area contributed by atoms with Gasteiger partial charge >= 0.3 is 0 Å². The molecule has 0 saturated heterocycles. The SMILES string of the molecule is O=C(CCc1ncc(-c2ccccc2Cl)o1)Nc1cccc2ncccc12. The van der Waals surface area contributed by atoms with Crippen molar-refractivity contribution in [3.8, 4) is 11.3 Å². The number of nitrogens with one attached hydrogen (secondary N) is 1. The maximum atomic E-state index is 12.3. The van der Waals surface area contributed by atoms with Crippen LogP contribution in [0.2, 0.25) is 5.02 Å². The van der Waals surface area contributed by atoms with Crippen LogP contribution in [0.15, 0.2) is 71.4 Å². The largest absolute Gasteiger partial charge is 0.441 e. The van der Waals surface area contributed by atoms with E-state index < -0.39 is 0 Å². The number of amides is 1. The highest BCUT2D eigenvalue weighted by Crippen LogP contribution is 2.28. The molecule has 2 aromatic heterocycles. The molecule has 1 amide bonds. The Labute approximate surface area is 161 Å². The highest BCUT2D eigenvalue weighted by Gasteiger charge is 2.12. The number of rotatable bonds is 5. The van der Waals surface area contributed by atoms with E-state index in [1.165, 1.54) is 0 Å². The lowest BCUT2D eigenvalue weighted by Crippen LogP contribution is -2.12. The number of pyridine rings is 1. The number of halogens is 1. The predicted molar refractivity (Wildman–Crippen MR) is 106 cm³/mol. The van der Waals surface area contributed by atoms with E-state index in [1.807, 2.05) is 48.5 Å². The number of fused-ring (bicyclic) bond motifs is 1. The molecule has 0 aliphatic heterocycles. The molecule has 4 aromatic rings. The number of hydrogen-bond donors (Lipinski definition) is 1. The smallest absolute Gasteiger partial charge is 0.224 e. The van der Waals surface area contributed by atoms with Crippen LogP contribution in [0.25, 0.3) is 22.2 Å². The molecule has 134 valence electrons. The molecule has 5 nitrogen and oxygen atoms in total. The van der Waals surface area contributed by atoms with Crippen molar-refractivity contribution in [2.75, 3.05) is 5.32 Å². The first-order valence-corrected chi connectivity index (χ1v) is 8.92. The number of aromatic nitrogens is 2. The maximum Gasteiger partial charge on any atom is 0.224 e. The van der Waals surface area contributed by atoms with Crippen LogP contribution in [-0.2, 0) is 11.2 Å². The van der Waals surface area contributed by atoms with Gasteiger partial charge in [-0.1, -0.05) is 29.8 Å². The Morgan fingerprint density at radius 1 is 1.04 bits per heavy atom. The molecule has 4 rings (SSSR count). The van der Waals surface area contributed by atoms with Gasteiger partial charge in [-0.2, -0.15) is 0 Å². The molecule has 0 bridgehead atoms. The van der Waals surface area contributed by atoms with Gasteiger partial charge in [-0.15, -0.1) is 0 Å². The van der Waals surface area contributed by atoms with Crippen molar-refractivity contribution in [3.05, 3.63) is 77.9 Å². The summed E-state index contributed by atoms with van der Waals surface area (Å²) in [4.78, 5) is 20.9. The summed E-state index contributed by atoms with van der Waals surface area (Å²) in [7, 11) is 0. The number of hydrogen-bond acceptors (Lipinski definition) is 4. The fraction of sp³-hybridized carbons (Fsp3) is 0.0952. The van der Waals surface area contributed by atoms with Gasteiger partial charge in [0.2, 0.25) is 5.91 Å². The van der Waals surface area contributed by atoms with Crippen molar-refractivity contribution in [2.45, 2.75) is 12.8 Å². The second-order valence-corrected chi connectivity index (χ2v) is 6.43. The quantitative estimate of drug-likeness (QED) is 0.524. The Hall–Kier alpha value is -3.18. The lowest BCUT2D eigenvalue weighted by molar-refractivity contribution is -0.116. The zero-order chi connectivity index (χ0) is 18.6. The number of benzene rings is 2. The van der Waals surface area contributed by atoms with Gasteiger partial charge in [-0.3, -0.25) is 9.78 Å². The highest BCUT2D eigenvalue weighted by molar-refractivity contribution is 6.33. The van der Waals surface area contributed by atoms with Crippen LogP contribution in [0.1, 0.15) is 12.3 Å². The van der Waals surface area contributed by atoms with Crippen LogP contribution < -0.4 is 5.32 Å². The van der Waals surface area contributed by atoms with Crippen molar-refractivity contribution in [3.63, 3.8) is 0 Å². The lowest BCUT2D eigenvalue weighted by Gasteiger charge is -2.07. The number of carbonyl (C=O) groups is 1. The van der Waals surface area contributed by atoms with Gasteiger partial charge in [0.05, 0.1) is 22.4 Å². The Morgan fingerprint density at radius 2 is 1.93 bits per heavy atom. The van der Waals surface area contributed by atoms with Gasteiger partial charge in [-0.25, -0.2) is 4.98 Å². The van der Waals surface area contributed by atoms with E-state index in [0.717, 1.165) is 22.2 Å². The summed E-state index contributed by atoms with van der Waals surface area (Å²) >= 11 is 6.18. The van der Waals surface area contributed by atoms with E-state index in [-0.39, 0.29) is 12.3 Å². The second-order valence-electron chi connectivity index (χ2n) is 6.02. The molecule has 1 N–H and O–H groups in total. The maximum absolute atomic E-state index is 12.3. The van der Waals surface area contributed by atoms with Crippen LogP contribution >= 0.6 is 11.6 Å². The molecule has 0 spiro atoms. The Bertz CT molecular complexity index is 1100. The first kappa shape index (κ1) is 17.2. The molecule has 2 aromatic carbocycles. The van der Waals surface area contributed by atoms with Gasteiger partial charge in [0.15, 0.2) is 11.7 Å². The topological polar surface area (TPSA) is 68.0 Å².